The smallest absolute Gasteiger partial charge is 0.274 e. The summed E-state index contributed by atoms with van der Waals surface area (Å²) in [5.41, 5.74) is 1.90. The molecule has 2 aromatic rings. The molecular formula is C18H22N4O3. The standard InChI is InChI=1S/C18H22N4O3/c1-22(2)9-3-8-19-14-4-6-15(20-11-14)18(23)21-13-5-7-16-17(10-13)25-12-24-16/h4-7,10-11,19H,3,8-9,12H2,1-2H3,(H,21,23). The summed E-state index contributed by atoms with van der Waals surface area (Å²) in [5.74, 6) is 1.04. The highest BCUT2D eigenvalue weighted by molar-refractivity contribution is 6.03. The van der Waals surface area contributed by atoms with Crippen molar-refractivity contribution >= 4 is 17.3 Å². The second kappa shape index (κ2) is 7.85. The van der Waals surface area contributed by atoms with Gasteiger partial charge in [-0.15, -0.1) is 0 Å². The van der Waals surface area contributed by atoms with Crippen molar-refractivity contribution in [1.82, 2.24) is 9.88 Å². The molecule has 0 saturated heterocycles. The normalized spacial score (nSPS) is 12.3. The third-order valence-corrected chi connectivity index (χ3v) is 3.74. The first kappa shape index (κ1) is 17.0. The summed E-state index contributed by atoms with van der Waals surface area (Å²) in [6, 6.07) is 8.84. The predicted octanol–water partition coefficient (Wildman–Crippen LogP) is 2.43. The van der Waals surface area contributed by atoms with Gasteiger partial charge in [0.2, 0.25) is 6.79 Å². The number of pyridine rings is 1. The molecular weight excluding hydrogens is 320 g/mol. The molecule has 0 spiro atoms. The van der Waals surface area contributed by atoms with Gasteiger partial charge in [0.25, 0.3) is 5.91 Å². The van der Waals surface area contributed by atoms with Crippen molar-refractivity contribution in [2.24, 2.45) is 0 Å². The van der Waals surface area contributed by atoms with Crippen LogP contribution >= 0.6 is 0 Å². The molecule has 0 unspecified atom stereocenters. The van der Waals surface area contributed by atoms with Crippen LogP contribution in [0.5, 0.6) is 11.5 Å². The first-order valence-corrected chi connectivity index (χ1v) is 8.17. The zero-order valence-corrected chi connectivity index (χ0v) is 14.4. The number of amides is 1. The Morgan fingerprint density at radius 3 is 2.72 bits per heavy atom. The van der Waals surface area contributed by atoms with Gasteiger partial charge >= 0.3 is 0 Å². The maximum Gasteiger partial charge on any atom is 0.274 e. The van der Waals surface area contributed by atoms with Gasteiger partial charge in [-0.05, 0) is 51.3 Å². The number of hydrogen-bond acceptors (Lipinski definition) is 6. The number of fused-ring (bicyclic) bond motifs is 1. The van der Waals surface area contributed by atoms with Gasteiger partial charge in [0, 0.05) is 18.3 Å². The summed E-state index contributed by atoms with van der Waals surface area (Å²) < 4.78 is 10.6. The molecule has 2 heterocycles. The molecule has 25 heavy (non-hydrogen) atoms. The number of rotatable bonds is 7. The van der Waals surface area contributed by atoms with Gasteiger partial charge < -0.3 is 25.0 Å². The van der Waals surface area contributed by atoms with Crippen LogP contribution in [0.1, 0.15) is 16.9 Å². The third-order valence-electron chi connectivity index (χ3n) is 3.74. The summed E-state index contributed by atoms with van der Waals surface area (Å²) in [6.45, 7) is 2.09. The average Bonchev–Trinajstić information content (AvgIpc) is 3.07. The zero-order chi connectivity index (χ0) is 17.6. The van der Waals surface area contributed by atoms with Crippen LogP contribution in [0, 0.1) is 0 Å². The number of nitrogens with zero attached hydrogens (tertiary/aromatic N) is 2. The summed E-state index contributed by atoms with van der Waals surface area (Å²) in [4.78, 5) is 18.7. The lowest BCUT2D eigenvalue weighted by atomic mass is 10.2. The molecule has 7 heteroatoms. The van der Waals surface area contributed by atoms with E-state index in [2.05, 4.69) is 34.6 Å². The van der Waals surface area contributed by atoms with Crippen LogP contribution in [0.4, 0.5) is 11.4 Å². The fourth-order valence-corrected chi connectivity index (χ4v) is 2.43. The topological polar surface area (TPSA) is 75.7 Å². The number of carbonyl (C=O) groups excluding carboxylic acids is 1. The number of benzene rings is 1. The highest BCUT2D eigenvalue weighted by Gasteiger charge is 2.15. The molecule has 1 aliphatic heterocycles. The molecule has 2 N–H and O–H groups in total. The lowest BCUT2D eigenvalue weighted by molar-refractivity contribution is 0.102. The Hall–Kier alpha value is -2.80. The maximum atomic E-state index is 12.3. The van der Waals surface area contributed by atoms with E-state index in [4.69, 9.17) is 9.47 Å². The Labute approximate surface area is 147 Å². The van der Waals surface area contributed by atoms with E-state index in [-0.39, 0.29) is 12.7 Å². The molecule has 1 aromatic heterocycles. The van der Waals surface area contributed by atoms with Crippen LogP contribution in [0.25, 0.3) is 0 Å². The maximum absolute atomic E-state index is 12.3. The van der Waals surface area contributed by atoms with Crippen molar-refractivity contribution in [3.05, 3.63) is 42.2 Å². The first-order valence-electron chi connectivity index (χ1n) is 8.17. The first-order chi connectivity index (χ1) is 12.1. The summed E-state index contributed by atoms with van der Waals surface area (Å²) in [5, 5.41) is 6.10. The highest BCUT2D eigenvalue weighted by Crippen LogP contribution is 2.34. The summed E-state index contributed by atoms with van der Waals surface area (Å²) in [7, 11) is 4.10. The minimum absolute atomic E-state index is 0.206. The Kier molecular flexibility index (Phi) is 5.35. The SMILES string of the molecule is CN(C)CCCNc1ccc(C(=O)Nc2ccc3c(c2)OCO3)nc1. The van der Waals surface area contributed by atoms with Crippen molar-refractivity contribution in [1.29, 1.82) is 0 Å². The number of hydrogen-bond donors (Lipinski definition) is 2. The molecule has 1 aromatic carbocycles. The van der Waals surface area contributed by atoms with Crippen LogP contribution in [0.15, 0.2) is 36.5 Å². The third kappa shape index (κ3) is 4.60. The lowest BCUT2D eigenvalue weighted by Crippen LogP contribution is -2.16. The van der Waals surface area contributed by atoms with Crippen molar-refractivity contribution in [2.75, 3.05) is 44.6 Å². The van der Waals surface area contributed by atoms with E-state index in [1.807, 2.05) is 6.07 Å². The van der Waals surface area contributed by atoms with E-state index in [9.17, 15) is 4.79 Å². The second-order valence-electron chi connectivity index (χ2n) is 6.04. The number of carbonyl (C=O) groups is 1. The van der Waals surface area contributed by atoms with E-state index in [0.717, 1.165) is 25.2 Å². The van der Waals surface area contributed by atoms with E-state index in [1.165, 1.54) is 0 Å². The molecule has 1 aliphatic rings. The minimum Gasteiger partial charge on any atom is -0.454 e. The van der Waals surface area contributed by atoms with Crippen molar-refractivity contribution in [3.8, 4) is 11.5 Å². The molecule has 0 radical (unpaired) electrons. The van der Waals surface area contributed by atoms with Crippen LogP contribution in [-0.4, -0.2) is 49.8 Å². The van der Waals surface area contributed by atoms with Crippen LogP contribution in [0.2, 0.25) is 0 Å². The largest absolute Gasteiger partial charge is 0.454 e. The molecule has 3 rings (SSSR count). The van der Waals surface area contributed by atoms with Gasteiger partial charge in [-0.3, -0.25) is 4.79 Å². The van der Waals surface area contributed by atoms with Gasteiger partial charge in [0.1, 0.15) is 5.69 Å². The fourth-order valence-electron chi connectivity index (χ4n) is 2.43. The van der Waals surface area contributed by atoms with E-state index < -0.39 is 0 Å². The quantitative estimate of drug-likeness (QED) is 0.753. The monoisotopic (exact) mass is 342 g/mol. The van der Waals surface area contributed by atoms with Crippen molar-refractivity contribution in [3.63, 3.8) is 0 Å². The fraction of sp³-hybridized carbons (Fsp3) is 0.333. The van der Waals surface area contributed by atoms with E-state index in [1.54, 1.807) is 30.5 Å². The molecule has 0 bridgehead atoms. The minimum atomic E-state index is -0.266. The Morgan fingerprint density at radius 2 is 1.96 bits per heavy atom. The molecule has 0 atom stereocenters. The van der Waals surface area contributed by atoms with Gasteiger partial charge in [0.15, 0.2) is 11.5 Å². The van der Waals surface area contributed by atoms with Crippen LogP contribution in [0.3, 0.4) is 0 Å². The summed E-state index contributed by atoms with van der Waals surface area (Å²) >= 11 is 0. The van der Waals surface area contributed by atoms with Crippen molar-refractivity contribution in [2.45, 2.75) is 6.42 Å². The number of anilines is 2. The molecule has 0 aliphatic carbocycles. The van der Waals surface area contributed by atoms with Gasteiger partial charge in [-0.25, -0.2) is 4.98 Å². The number of nitrogens with one attached hydrogen (secondary N) is 2. The van der Waals surface area contributed by atoms with Gasteiger partial charge in [-0.1, -0.05) is 0 Å². The van der Waals surface area contributed by atoms with Crippen LogP contribution in [-0.2, 0) is 0 Å². The predicted molar refractivity (Wildman–Crippen MR) is 96.4 cm³/mol. The average molecular weight is 342 g/mol. The molecule has 1 amide bonds. The Bertz CT molecular complexity index is 732. The zero-order valence-electron chi connectivity index (χ0n) is 14.4. The Balaban J connectivity index is 1.54. The second-order valence-corrected chi connectivity index (χ2v) is 6.04. The van der Waals surface area contributed by atoms with Gasteiger partial charge in [-0.2, -0.15) is 0 Å². The molecule has 0 saturated carbocycles. The Morgan fingerprint density at radius 1 is 1.16 bits per heavy atom. The summed E-state index contributed by atoms with van der Waals surface area (Å²) in [6.07, 6.45) is 2.71. The molecule has 7 nitrogen and oxygen atoms in total. The van der Waals surface area contributed by atoms with Gasteiger partial charge in [0.05, 0.1) is 11.9 Å². The number of aromatic nitrogens is 1. The number of ether oxygens (including phenoxy) is 2. The van der Waals surface area contributed by atoms with Crippen molar-refractivity contribution < 1.29 is 14.3 Å². The van der Waals surface area contributed by atoms with E-state index in [0.29, 0.717) is 22.9 Å². The highest BCUT2D eigenvalue weighted by atomic mass is 16.7. The molecule has 0 fully saturated rings. The lowest BCUT2D eigenvalue weighted by Gasteiger charge is -2.11. The van der Waals surface area contributed by atoms with E-state index >= 15 is 0 Å². The molecule has 132 valence electrons. The van der Waals surface area contributed by atoms with Crippen LogP contribution < -0.4 is 20.1 Å².